The molecule has 1 rings (SSSR count). The minimum atomic E-state index is -1.94. The minimum Gasteiger partial charge on any atom is -0.345 e. The van der Waals surface area contributed by atoms with Crippen LogP contribution in [0.25, 0.3) is 0 Å². The van der Waals surface area contributed by atoms with Crippen molar-refractivity contribution >= 4 is 0 Å². The van der Waals surface area contributed by atoms with E-state index in [0.29, 0.717) is 0 Å². The Labute approximate surface area is 64.6 Å². The van der Waals surface area contributed by atoms with Crippen LogP contribution < -0.4 is 0 Å². The van der Waals surface area contributed by atoms with E-state index >= 15 is 0 Å². The molecule has 58 valence electrons. The Kier molecular flexibility index (Phi) is 2.06. The highest BCUT2D eigenvalue weighted by atomic mass is 19.2. The lowest BCUT2D eigenvalue weighted by Crippen LogP contribution is -2.32. The van der Waals surface area contributed by atoms with Gasteiger partial charge in [0.2, 0.25) is 5.85 Å². The number of ether oxygens (including phenoxy) is 1. The Morgan fingerprint density at radius 2 is 2.36 bits per heavy atom. The van der Waals surface area contributed by atoms with Gasteiger partial charge in [0.1, 0.15) is 5.92 Å². The van der Waals surface area contributed by atoms with E-state index < -0.39 is 11.8 Å². The van der Waals surface area contributed by atoms with Crippen molar-refractivity contribution in [3.8, 4) is 6.07 Å². The standard InChI is InChI=1S/C8H8FNO/c1-11-8(9)5-3-2-4-7(8)6-10/h2-5,7H,1H3. The molecule has 2 nitrogen and oxygen atoms in total. The highest BCUT2D eigenvalue weighted by Gasteiger charge is 2.36. The first-order valence-electron chi connectivity index (χ1n) is 3.22. The van der Waals surface area contributed by atoms with Crippen LogP contribution in [-0.4, -0.2) is 13.0 Å². The van der Waals surface area contributed by atoms with Gasteiger partial charge in [-0.25, -0.2) is 4.39 Å². The zero-order valence-corrected chi connectivity index (χ0v) is 6.12. The molecule has 0 saturated heterocycles. The molecule has 0 amide bonds. The maximum atomic E-state index is 13.4. The lowest BCUT2D eigenvalue weighted by Gasteiger charge is -2.24. The molecular formula is C8H8FNO. The second-order valence-corrected chi connectivity index (χ2v) is 2.25. The van der Waals surface area contributed by atoms with Crippen molar-refractivity contribution in [3.63, 3.8) is 0 Å². The first-order valence-corrected chi connectivity index (χ1v) is 3.22. The molecule has 0 aromatic carbocycles. The van der Waals surface area contributed by atoms with Gasteiger partial charge in [-0.15, -0.1) is 0 Å². The second kappa shape index (κ2) is 2.85. The normalized spacial score (nSPS) is 35.2. The van der Waals surface area contributed by atoms with Gasteiger partial charge in [0.15, 0.2) is 0 Å². The molecular weight excluding hydrogens is 145 g/mol. The first kappa shape index (κ1) is 7.96. The van der Waals surface area contributed by atoms with Crippen molar-refractivity contribution in [1.82, 2.24) is 0 Å². The Balaban J connectivity index is 2.88. The summed E-state index contributed by atoms with van der Waals surface area (Å²) >= 11 is 0. The monoisotopic (exact) mass is 153 g/mol. The third-order valence-corrected chi connectivity index (χ3v) is 1.61. The number of methoxy groups -OCH3 is 1. The van der Waals surface area contributed by atoms with E-state index in [1.54, 1.807) is 6.08 Å². The molecule has 0 aromatic rings. The topological polar surface area (TPSA) is 33.0 Å². The number of hydrogen-bond donors (Lipinski definition) is 0. The fraction of sp³-hybridized carbons (Fsp3) is 0.375. The molecule has 0 radical (unpaired) electrons. The molecule has 0 aromatic heterocycles. The molecule has 0 spiro atoms. The summed E-state index contributed by atoms with van der Waals surface area (Å²) in [6, 6.07) is 1.81. The highest BCUT2D eigenvalue weighted by Crippen LogP contribution is 2.28. The number of alkyl halides is 1. The summed E-state index contributed by atoms with van der Waals surface area (Å²) in [6.07, 6.45) is 5.87. The van der Waals surface area contributed by atoms with Gasteiger partial charge in [-0.05, 0) is 6.08 Å². The zero-order chi connectivity index (χ0) is 8.32. The van der Waals surface area contributed by atoms with Gasteiger partial charge in [0.05, 0.1) is 6.07 Å². The molecule has 0 saturated carbocycles. The Bertz CT molecular complexity index is 241. The third kappa shape index (κ3) is 1.31. The van der Waals surface area contributed by atoms with Crippen LogP contribution in [-0.2, 0) is 4.74 Å². The summed E-state index contributed by atoms with van der Waals surface area (Å²) in [5.41, 5.74) is 0. The maximum Gasteiger partial charge on any atom is 0.248 e. The zero-order valence-electron chi connectivity index (χ0n) is 6.12. The average Bonchev–Trinajstić information content (AvgIpc) is 2.05. The van der Waals surface area contributed by atoms with E-state index in [-0.39, 0.29) is 0 Å². The van der Waals surface area contributed by atoms with Gasteiger partial charge in [-0.2, -0.15) is 5.26 Å². The van der Waals surface area contributed by atoms with Gasteiger partial charge < -0.3 is 4.74 Å². The number of halogens is 1. The van der Waals surface area contributed by atoms with Crippen molar-refractivity contribution in [3.05, 3.63) is 24.3 Å². The molecule has 1 aliphatic rings. The van der Waals surface area contributed by atoms with E-state index in [9.17, 15) is 4.39 Å². The molecule has 0 fully saturated rings. The van der Waals surface area contributed by atoms with E-state index in [0.717, 1.165) is 0 Å². The quantitative estimate of drug-likeness (QED) is 0.572. The van der Waals surface area contributed by atoms with Crippen LogP contribution in [0.3, 0.4) is 0 Å². The average molecular weight is 153 g/mol. The van der Waals surface area contributed by atoms with Crippen molar-refractivity contribution in [2.24, 2.45) is 5.92 Å². The molecule has 0 bridgehead atoms. The Morgan fingerprint density at radius 1 is 1.64 bits per heavy atom. The van der Waals surface area contributed by atoms with Crippen LogP contribution >= 0.6 is 0 Å². The van der Waals surface area contributed by atoms with Crippen molar-refractivity contribution < 1.29 is 9.13 Å². The predicted molar refractivity (Wildman–Crippen MR) is 38.2 cm³/mol. The number of allylic oxidation sites excluding steroid dienone is 2. The molecule has 2 unspecified atom stereocenters. The fourth-order valence-electron chi connectivity index (χ4n) is 0.923. The highest BCUT2D eigenvalue weighted by molar-refractivity contribution is 5.23. The summed E-state index contributed by atoms with van der Waals surface area (Å²) in [4.78, 5) is 0. The van der Waals surface area contributed by atoms with Crippen LogP contribution in [0.5, 0.6) is 0 Å². The van der Waals surface area contributed by atoms with Crippen LogP contribution in [0.1, 0.15) is 0 Å². The van der Waals surface area contributed by atoms with Crippen LogP contribution in [0.15, 0.2) is 24.3 Å². The van der Waals surface area contributed by atoms with E-state index in [4.69, 9.17) is 5.26 Å². The molecule has 3 heteroatoms. The van der Waals surface area contributed by atoms with Crippen LogP contribution in [0, 0.1) is 17.2 Å². The smallest absolute Gasteiger partial charge is 0.248 e. The predicted octanol–water partition coefficient (Wildman–Crippen LogP) is 1.56. The molecule has 1 aliphatic carbocycles. The summed E-state index contributed by atoms with van der Waals surface area (Å²) in [7, 11) is 1.24. The number of nitriles is 1. The van der Waals surface area contributed by atoms with E-state index in [2.05, 4.69) is 4.74 Å². The van der Waals surface area contributed by atoms with Crippen LogP contribution in [0.4, 0.5) is 4.39 Å². The van der Waals surface area contributed by atoms with Crippen LogP contribution in [0.2, 0.25) is 0 Å². The van der Waals surface area contributed by atoms with Gasteiger partial charge in [0.25, 0.3) is 0 Å². The number of nitrogens with zero attached hydrogens (tertiary/aromatic N) is 1. The maximum absolute atomic E-state index is 13.4. The molecule has 11 heavy (non-hydrogen) atoms. The molecule has 0 N–H and O–H groups in total. The van der Waals surface area contributed by atoms with Crippen molar-refractivity contribution in [2.75, 3.05) is 7.11 Å². The van der Waals surface area contributed by atoms with E-state index in [1.807, 2.05) is 6.07 Å². The molecule has 0 heterocycles. The van der Waals surface area contributed by atoms with Gasteiger partial charge in [-0.3, -0.25) is 0 Å². The summed E-state index contributed by atoms with van der Waals surface area (Å²) in [6.45, 7) is 0. The fourth-order valence-corrected chi connectivity index (χ4v) is 0.923. The number of hydrogen-bond acceptors (Lipinski definition) is 2. The Morgan fingerprint density at radius 3 is 2.82 bits per heavy atom. The van der Waals surface area contributed by atoms with Gasteiger partial charge in [-0.1, -0.05) is 18.2 Å². The summed E-state index contributed by atoms with van der Waals surface area (Å²) < 4.78 is 17.9. The summed E-state index contributed by atoms with van der Waals surface area (Å²) in [5, 5.41) is 8.50. The second-order valence-electron chi connectivity index (χ2n) is 2.25. The van der Waals surface area contributed by atoms with Crippen molar-refractivity contribution in [1.29, 1.82) is 5.26 Å². The van der Waals surface area contributed by atoms with Gasteiger partial charge >= 0.3 is 0 Å². The third-order valence-electron chi connectivity index (χ3n) is 1.61. The Hall–Kier alpha value is -1.14. The van der Waals surface area contributed by atoms with Gasteiger partial charge in [0, 0.05) is 7.11 Å². The molecule has 0 aliphatic heterocycles. The van der Waals surface area contributed by atoms with Crippen molar-refractivity contribution in [2.45, 2.75) is 5.85 Å². The molecule has 2 atom stereocenters. The minimum absolute atomic E-state index is 0.836. The number of rotatable bonds is 1. The van der Waals surface area contributed by atoms with E-state index in [1.165, 1.54) is 25.3 Å². The summed E-state index contributed by atoms with van der Waals surface area (Å²) in [5.74, 6) is -2.78. The largest absolute Gasteiger partial charge is 0.345 e. The lowest BCUT2D eigenvalue weighted by molar-refractivity contribution is -0.0966. The first-order chi connectivity index (χ1) is 5.23. The lowest BCUT2D eigenvalue weighted by atomic mass is 9.97. The SMILES string of the molecule is COC1(F)C=CC=CC1C#N.